The Morgan fingerprint density at radius 3 is 3.00 bits per heavy atom. The highest BCUT2D eigenvalue weighted by molar-refractivity contribution is 5.72. The molecule has 1 aromatic heterocycles. The van der Waals surface area contributed by atoms with Gasteiger partial charge in [0.25, 0.3) is 0 Å². The lowest BCUT2D eigenvalue weighted by Gasteiger charge is -2.05. The van der Waals surface area contributed by atoms with Gasteiger partial charge in [-0.3, -0.25) is 9.48 Å². The highest BCUT2D eigenvalue weighted by Gasteiger charge is 2.27. The molecule has 1 fully saturated rings. The first-order valence-electron chi connectivity index (χ1n) is 4.93. The number of carbonyl (C=O) groups is 1. The SMILES string of the molecule is CC(=O)NCc1c(C2CC2)cnn1C. The first-order valence-corrected chi connectivity index (χ1v) is 4.93. The van der Waals surface area contributed by atoms with Crippen molar-refractivity contribution in [1.29, 1.82) is 0 Å². The lowest BCUT2D eigenvalue weighted by Crippen LogP contribution is -2.21. The van der Waals surface area contributed by atoms with Gasteiger partial charge in [-0.05, 0) is 24.3 Å². The average molecular weight is 193 g/mol. The summed E-state index contributed by atoms with van der Waals surface area (Å²) >= 11 is 0. The van der Waals surface area contributed by atoms with E-state index >= 15 is 0 Å². The van der Waals surface area contributed by atoms with Gasteiger partial charge in [0.2, 0.25) is 5.91 Å². The maximum absolute atomic E-state index is 10.8. The van der Waals surface area contributed by atoms with Crippen LogP contribution >= 0.6 is 0 Å². The average Bonchev–Trinajstić information content (AvgIpc) is 2.88. The van der Waals surface area contributed by atoms with Gasteiger partial charge in [-0.25, -0.2) is 0 Å². The van der Waals surface area contributed by atoms with Gasteiger partial charge >= 0.3 is 0 Å². The maximum atomic E-state index is 10.8. The zero-order valence-electron chi connectivity index (χ0n) is 8.58. The molecule has 1 aromatic rings. The van der Waals surface area contributed by atoms with Crippen LogP contribution in [0.4, 0.5) is 0 Å². The fourth-order valence-electron chi connectivity index (χ4n) is 1.64. The molecule has 4 nitrogen and oxygen atoms in total. The van der Waals surface area contributed by atoms with Crippen molar-refractivity contribution in [3.05, 3.63) is 17.5 Å². The normalized spacial score (nSPS) is 15.6. The Bertz CT molecular complexity index is 352. The first-order chi connectivity index (χ1) is 6.68. The van der Waals surface area contributed by atoms with Crippen molar-refractivity contribution in [2.45, 2.75) is 32.2 Å². The van der Waals surface area contributed by atoms with E-state index < -0.39 is 0 Å². The number of hydrogen-bond donors (Lipinski definition) is 1. The minimum Gasteiger partial charge on any atom is -0.351 e. The summed E-state index contributed by atoms with van der Waals surface area (Å²) in [5.41, 5.74) is 2.45. The molecule has 0 saturated heterocycles. The van der Waals surface area contributed by atoms with Crippen molar-refractivity contribution in [2.24, 2.45) is 7.05 Å². The number of aryl methyl sites for hydroxylation is 1. The van der Waals surface area contributed by atoms with Gasteiger partial charge in [0.05, 0.1) is 18.4 Å². The van der Waals surface area contributed by atoms with Crippen molar-refractivity contribution in [3.63, 3.8) is 0 Å². The standard InChI is InChI=1S/C10H15N3O/c1-7(14)11-6-10-9(8-3-4-8)5-12-13(10)2/h5,8H,3-4,6H2,1-2H3,(H,11,14). The molecule has 4 heteroatoms. The summed E-state index contributed by atoms with van der Waals surface area (Å²) in [6, 6.07) is 0. The molecule has 76 valence electrons. The van der Waals surface area contributed by atoms with E-state index in [0.717, 1.165) is 5.69 Å². The Morgan fingerprint density at radius 2 is 2.43 bits per heavy atom. The molecule has 14 heavy (non-hydrogen) atoms. The maximum Gasteiger partial charge on any atom is 0.217 e. The molecule has 1 amide bonds. The number of carbonyl (C=O) groups excluding carboxylic acids is 1. The molecule has 1 heterocycles. The fraction of sp³-hybridized carbons (Fsp3) is 0.600. The number of hydrogen-bond acceptors (Lipinski definition) is 2. The summed E-state index contributed by atoms with van der Waals surface area (Å²) in [6.07, 6.45) is 4.45. The van der Waals surface area contributed by atoms with Crippen LogP contribution < -0.4 is 5.32 Å². The van der Waals surface area contributed by atoms with Crippen LogP contribution in [0.2, 0.25) is 0 Å². The van der Waals surface area contributed by atoms with Crippen LogP contribution in [0.5, 0.6) is 0 Å². The predicted molar refractivity (Wildman–Crippen MR) is 52.7 cm³/mol. The van der Waals surface area contributed by atoms with E-state index in [2.05, 4.69) is 10.4 Å². The second-order valence-corrected chi connectivity index (χ2v) is 3.85. The second-order valence-electron chi connectivity index (χ2n) is 3.85. The topological polar surface area (TPSA) is 46.9 Å². The van der Waals surface area contributed by atoms with Crippen molar-refractivity contribution in [3.8, 4) is 0 Å². The summed E-state index contributed by atoms with van der Waals surface area (Å²) in [5.74, 6) is 0.695. The highest BCUT2D eigenvalue weighted by Crippen LogP contribution is 2.41. The molecule has 2 rings (SSSR count). The lowest BCUT2D eigenvalue weighted by atomic mass is 10.1. The molecule has 1 saturated carbocycles. The van der Waals surface area contributed by atoms with Gasteiger partial charge < -0.3 is 5.32 Å². The van der Waals surface area contributed by atoms with Gasteiger partial charge in [0.15, 0.2) is 0 Å². The first kappa shape index (κ1) is 9.24. The quantitative estimate of drug-likeness (QED) is 0.776. The minimum absolute atomic E-state index is 0.00736. The molecular weight excluding hydrogens is 178 g/mol. The van der Waals surface area contributed by atoms with Crippen molar-refractivity contribution in [1.82, 2.24) is 15.1 Å². The highest BCUT2D eigenvalue weighted by atomic mass is 16.1. The number of amides is 1. The van der Waals surface area contributed by atoms with Crippen LogP contribution in [0.25, 0.3) is 0 Å². The van der Waals surface area contributed by atoms with E-state index in [1.807, 2.05) is 17.9 Å². The summed E-state index contributed by atoms with van der Waals surface area (Å²) in [4.78, 5) is 10.8. The van der Waals surface area contributed by atoms with Crippen LogP contribution in [0.1, 0.15) is 36.9 Å². The molecule has 0 radical (unpaired) electrons. The second kappa shape index (κ2) is 3.44. The Hall–Kier alpha value is -1.32. The third kappa shape index (κ3) is 1.78. The van der Waals surface area contributed by atoms with Crippen molar-refractivity contribution >= 4 is 5.91 Å². The lowest BCUT2D eigenvalue weighted by molar-refractivity contribution is -0.119. The smallest absolute Gasteiger partial charge is 0.217 e. The molecule has 0 aromatic carbocycles. The zero-order chi connectivity index (χ0) is 10.1. The fourth-order valence-corrected chi connectivity index (χ4v) is 1.64. The molecule has 1 N–H and O–H groups in total. The molecule has 1 aliphatic rings. The number of nitrogens with one attached hydrogen (secondary N) is 1. The summed E-state index contributed by atoms with van der Waals surface area (Å²) in [6.45, 7) is 2.13. The number of nitrogens with zero attached hydrogens (tertiary/aromatic N) is 2. The summed E-state index contributed by atoms with van der Waals surface area (Å²) in [5, 5.41) is 7.03. The van der Waals surface area contributed by atoms with Crippen LogP contribution in [-0.2, 0) is 18.4 Å². The van der Waals surface area contributed by atoms with Crippen molar-refractivity contribution in [2.75, 3.05) is 0 Å². The molecular formula is C10H15N3O. The minimum atomic E-state index is 0.00736. The molecule has 0 atom stereocenters. The Labute approximate surface area is 83.3 Å². The van der Waals surface area contributed by atoms with Gasteiger partial charge in [-0.15, -0.1) is 0 Å². The van der Waals surface area contributed by atoms with Crippen LogP contribution in [0.15, 0.2) is 6.20 Å². The Balaban J connectivity index is 2.13. The van der Waals surface area contributed by atoms with E-state index in [-0.39, 0.29) is 5.91 Å². The number of aromatic nitrogens is 2. The Kier molecular flexibility index (Phi) is 2.27. The molecule has 1 aliphatic carbocycles. The number of rotatable bonds is 3. The van der Waals surface area contributed by atoms with Crippen molar-refractivity contribution < 1.29 is 4.79 Å². The van der Waals surface area contributed by atoms with Crippen LogP contribution in [0, 0.1) is 0 Å². The molecule has 0 spiro atoms. The summed E-state index contributed by atoms with van der Waals surface area (Å²) < 4.78 is 1.85. The summed E-state index contributed by atoms with van der Waals surface area (Å²) in [7, 11) is 1.92. The van der Waals surface area contributed by atoms with E-state index in [1.54, 1.807) is 0 Å². The van der Waals surface area contributed by atoms with E-state index in [0.29, 0.717) is 12.5 Å². The molecule has 0 unspecified atom stereocenters. The van der Waals surface area contributed by atoms with E-state index in [1.165, 1.54) is 25.3 Å². The monoisotopic (exact) mass is 193 g/mol. The van der Waals surface area contributed by atoms with Gasteiger partial charge in [-0.1, -0.05) is 0 Å². The van der Waals surface area contributed by atoms with E-state index in [4.69, 9.17) is 0 Å². The van der Waals surface area contributed by atoms with Crippen LogP contribution in [-0.4, -0.2) is 15.7 Å². The molecule has 0 bridgehead atoms. The van der Waals surface area contributed by atoms with Gasteiger partial charge in [-0.2, -0.15) is 5.10 Å². The Morgan fingerprint density at radius 1 is 1.71 bits per heavy atom. The van der Waals surface area contributed by atoms with Crippen LogP contribution in [0.3, 0.4) is 0 Å². The third-order valence-electron chi connectivity index (χ3n) is 2.62. The van der Waals surface area contributed by atoms with E-state index in [9.17, 15) is 4.79 Å². The van der Waals surface area contributed by atoms with Gasteiger partial charge in [0.1, 0.15) is 0 Å². The zero-order valence-corrected chi connectivity index (χ0v) is 8.58. The third-order valence-corrected chi connectivity index (χ3v) is 2.62. The largest absolute Gasteiger partial charge is 0.351 e. The predicted octanol–water partition coefficient (Wildman–Crippen LogP) is 0.934. The molecule has 0 aliphatic heterocycles. The van der Waals surface area contributed by atoms with Gasteiger partial charge in [0, 0.05) is 14.0 Å².